The zero-order chi connectivity index (χ0) is 11.6. The van der Waals surface area contributed by atoms with Gasteiger partial charge in [0.1, 0.15) is 0 Å². The SMILES string of the molecule is CSCCCCCCNc1ncc(I)cn1. The highest BCUT2D eigenvalue weighted by Gasteiger charge is 1.94. The topological polar surface area (TPSA) is 37.8 Å². The highest BCUT2D eigenvalue weighted by molar-refractivity contribution is 14.1. The number of anilines is 1. The Morgan fingerprint density at radius 1 is 1.19 bits per heavy atom. The minimum absolute atomic E-state index is 0.740. The zero-order valence-corrected chi connectivity index (χ0v) is 12.6. The first-order valence-corrected chi connectivity index (χ1v) is 8.00. The molecule has 0 aliphatic rings. The van der Waals surface area contributed by atoms with E-state index in [9.17, 15) is 0 Å². The van der Waals surface area contributed by atoms with Crippen LogP contribution in [0.1, 0.15) is 25.7 Å². The second-order valence-electron chi connectivity index (χ2n) is 3.56. The van der Waals surface area contributed by atoms with Gasteiger partial charge in [-0.15, -0.1) is 0 Å². The lowest BCUT2D eigenvalue weighted by Crippen LogP contribution is -2.05. The summed E-state index contributed by atoms with van der Waals surface area (Å²) in [5.41, 5.74) is 0. The molecule has 3 nitrogen and oxygen atoms in total. The van der Waals surface area contributed by atoms with Crippen LogP contribution in [-0.2, 0) is 0 Å². The predicted octanol–water partition coefficient (Wildman–Crippen LogP) is 3.42. The lowest BCUT2D eigenvalue weighted by Gasteiger charge is -2.04. The van der Waals surface area contributed by atoms with Crippen molar-refractivity contribution in [3.05, 3.63) is 16.0 Å². The van der Waals surface area contributed by atoms with Crippen molar-refractivity contribution in [2.45, 2.75) is 25.7 Å². The molecule has 16 heavy (non-hydrogen) atoms. The van der Waals surface area contributed by atoms with E-state index < -0.39 is 0 Å². The molecule has 0 atom stereocenters. The van der Waals surface area contributed by atoms with Crippen LogP contribution < -0.4 is 5.32 Å². The standard InChI is InChI=1S/C11H18IN3S/c1-16-7-5-3-2-4-6-13-11-14-8-10(12)9-15-11/h8-9H,2-7H2,1H3,(H,13,14,15). The first-order chi connectivity index (χ1) is 7.83. The average molecular weight is 351 g/mol. The van der Waals surface area contributed by atoms with Crippen LogP contribution in [0.3, 0.4) is 0 Å². The normalized spacial score (nSPS) is 10.4. The van der Waals surface area contributed by atoms with Gasteiger partial charge in [-0.1, -0.05) is 12.8 Å². The van der Waals surface area contributed by atoms with Crippen LogP contribution in [-0.4, -0.2) is 28.5 Å². The number of aromatic nitrogens is 2. The quantitative estimate of drug-likeness (QED) is 0.575. The lowest BCUT2D eigenvalue weighted by atomic mass is 10.2. The number of hydrogen-bond acceptors (Lipinski definition) is 4. The molecule has 1 heterocycles. The molecule has 5 heteroatoms. The Labute approximate surface area is 115 Å². The minimum atomic E-state index is 0.740. The number of nitrogens with zero attached hydrogens (tertiary/aromatic N) is 2. The molecule has 0 aromatic carbocycles. The molecule has 0 aliphatic carbocycles. The molecule has 0 amide bonds. The van der Waals surface area contributed by atoms with Gasteiger partial charge in [-0.3, -0.25) is 0 Å². The Morgan fingerprint density at radius 3 is 2.56 bits per heavy atom. The molecule has 1 rings (SSSR count). The van der Waals surface area contributed by atoms with E-state index in [4.69, 9.17) is 0 Å². The van der Waals surface area contributed by atoms with Crippen LogP contribution >= 0.6 is 34.4 Å². The smallest absolute Gasteiger partial charge is 0.222 e. The molecule has 0 unspecified atom stereocenters. The zero-order valence-electron chi connectivity index (χ0n) is 9.58. The largest absolute Gasteiger partial charge is 0.354 e. The molecule has 1 N–H and O–H groups in total. The molecule has 0 spiro atoms. The van der Waals surface area contributed by atoms with Crippen molar-refractivity contribution in [1.82, 2.24) is 9.97 Å². The van der Waals surface area contributed by atoms with E-state index in [2.05, 4.69) is 44.1 Å². The van der Waals surface area contributed by atoms with Crippen molar-refractivity contribution in [2.75, 3.05) is 23.9 Å². The molecule has 1 aromatic heterocycles. The fourth-order valence-corrected chi connectivity index (χ4v) is 2.10. The van der Waals surface area contributed by atoms with Crippen molar-refractivity contribution in [3.63, 3.8) is 0 Å². The van der Waals surface area contributed by atoms with Gasteiger partial charge >= 0.3 is 0 Å². The van der Waals surface area contributed by atoms with Gasteiger partial charge in [0.25, 0.3) is 0 Å². The third-order valence-corrected chi connectivity index (χ3v) is 3.43. The van der Waals surface area contributed by atoms with E-state index in [-0.39, 0.29) is 0 Å². The number of unbranched alkanes of at least 4 members (excludes halogenated alkanes) is 3. The third-order valence-electron chi connectivity index (χ3n) is 2.18. The van der Waals surface area contributed by atoms with Crippen LogP contribution in [0.2, 0.25) is 0 Å². The maximum atomic E-state index is 4.19. The van der Waals surface area contributed by atoms with Gasteiger partial charge in [0.15, 0.2) is 0 Å². The summed E-state index contributed by atoms with van der Waals surface area (Å²) in [7, 11) is 0. The molecule has 0 fully saturated rings. The maximum Gasteiger partial charge on any atom is 0.222 e. The summed E-state index contributed by atoms with van der Waals surface area (Å²) in [4.78, 5) is 8.38. The van der Waals surface area contributed by atoms with Crippen LogP contribution in [0.25, 0.3) is 0 Å². The maximum absolute atomic E-state index is 4.19. The van der Waals surface area contributed by atoms with Gasteiger partial charge in [0.2, 0.25) is 5.95 Å². The second kappa shape index (κ2) is 9.04. The fourth-order valence-electron chi connectivity index (χ4n) is 1.33. The van der Waals surface area contributed by atoms with Gasteiger partial charge in [0, 0.05) is 22.5 Å². The molecule has 0 bridgehead atoms. The van der Waals surface area contributed by atoms with Crippen LogP contribution in [0.5, 0.6) is 0 Å². The Balaban J connectivity index is 2.01. The highest BCUT2D eigenvalue weighted by atomic mass is 127. The van der Waals surface area contributed by atoms with Gasteiger partial charge in [0.05, 0.1) is 0 Å². The average Bonchev–Trinajstić information content (AvgIpc) is 2.30. The molecule has 0 radical (unpaired) electrons. The van der Waals surface area contributed by atoms with Crippen molar-refractivity contribution >= 4 is 40.3 Å². The Kier molecular flexibility index (Phi) is 7.92. The van der Waals surface area contributed by atoms with Crippen LogP contribution in [0, 0.1) is 3.57 Å². The van der Waals surface area contributed by atoms with Crippen molar-refractivity contribution in [3.8, 4) is 0 Å². The summed E-state index contributed by atoms with van der Waals surface area (Å²) in [5.74, 6) is 2.03. The molecule has 0 aliphatic heterocycles. The molecular weight excluding hydrogens is 333 g/mol. The van der Waals surface area contributed by atoms with Crippen molar-refractivity contribution < 1.29 is 0 Å². The molecule has 0 saturated heterocycles. The van der Waals surface area contributed by atoms with Crippen molar-refractivity contribution in [1.29, 1.82) is 0 Å². The Hall–Kier alpha value is -0.0400. The van der Waals surface area contributed by atoms with Gasteiger partial charge < -0.3 is 5.32 Å². The summed E-state index contributed by atoms with van der Waals surface area (Å²) in [6, 6.07) is 0. The molecule has 90 valence electrons. The van der Waals surface area contributed by atoms with Gasteiger partial charge in [-0.25, -0.2) is 9.97 Å². The van der Waals surface area contributed by atoms with Crippen LogP contribution in [0.15, 0.2) is 12.4 Å². The molecule has 1 aromatic rings. The summed E-state index contributed by atoms with van der Waals surface area (Å²) in [5, 5.41) is 3.23. The van der Waals surface area contributed by atoms with E-state index in [0.29, 0.717) is 0 Å². The van der Waals surface area contributed by atoms with Gasteiger partial charge in [-0.05, 0) is 47.4 Å². The monoisotopic (exact) mass is 351 g/mol. The van der Waals surface area contributed by atoms with E-state index >= 15 is 0 Å². The second-order valence-corrected chi connectivity index (χ2v) is 5.79. The Bertz CT molecular complexity index is 279. The number of rotatable bonds is 8. The van der Waals surface area contributed by atoms with E-state index in [0.717, 1.165) is 16.1 Å². The first kappa shape index (κ1) is 14.0. The fraction of sp³-hybridized carbons (Fsp3) is 0.636. The number of nitrogens with one attached hydrogen (secondary N) is 1. The summed E-state index contributed by atoms with van der Waals surface area (Å²) >= 11 is 4.13. The number of hydrogen-bond donors (Lipinski definition) is 1. The third kappa shape index (κ3) is 6.52. The Morgan fingerprint density at radius 2 is 1.88 bits per heavy atom. The number of halogens is 1. The minimum Gasteiger partial charge on any atom is -0.354 e. The van der Waals surface area contributed by atoms with E-state index in [1.165, 1.54) is 31.4 Å². The highest BCUT2D eigenvalue weighted by Crippen LogP contribution is 2.06. The first-order valence-electron chi connectivity index (χ1n) is 5.53. The molecule has 0 saturated carbocycles. The predicted molar refractivity (Wildman–Crippen MR) is 80.1 cm³/mol. The van der Waals surface area contributed by atoms with Gasteiger partial charge in [-0.2, -0.15) is 11.8 Å². The lowest BCUT2D eigenvalue weighted by molar-refractivity contribution is 0.687. The van der Waals surface area contributed by atoms with Crippen molar-refractivity contribution in [2.24, 2.45) is 0 Å². The van der Waals surface area contributed by atoms with E-state index in [1.54, 1.807) is 0 Å². The summed E-state index contributed by atoms with van der Waals surface area (Å²) in [6.45, 7) is 0.972. The summed E-state index contributed by atoms with van der Waals surface area (Å²) < 4.78 is 1.07. The van der Waals surface area contributed by atoms with Crippen LogP contribution in [0.4, 0.5) is 5.95 Å². The number of thioether (sulfide) groups is 1. The van der Waals surface area contributed by atoms with E-state index in [1.807, 2.05) is 24.2 Å². The summed E-state index contributed by atoms with van der Waals surface area (Å²) in [6.07, 6.45) is 11.0. The molecular formula is C11H18IN3S.